The van der Waals surface area contributed by atoms with Crippen molar-refractivity contribution in [1.82, 2.24) is 0 Å². The van der Waals surface area contributed by atoms with Crippen LogP contribution in [-0.4, -0.2) is 0 Å². The van der Waals surface area contributed by atoms with E-state index in [-0.39, 0.29) is 21.7 Å². The molecular weight excluding hydrogens is 528 g/mol. The Hall–Kier alpha value is -2.41. The summed E-state index contributed by atoms with van der Waals surface area (Å²) in [6.07, 6.45) is 0. The molecule has 0 saturated heterocycles. The van der Waals surface area contributed by atoms with Gasteiger partial charge in [0.25, 0.3) is 0 Å². The molecule has 216 valence electrons. The first kappa shape index (κ1) is 31.5. The van der Waals surface area contributed by atoms with E-state index >= 15 is 0 Å². The topological polar surface area (TPSA) is 0 Å². The first-order valence-electron chi connectivity index (χ1n) is 15.5. The van der Waals surface area contributed by atoms with Crippen molar-refractivity contribution in [3.63, 3.8) is 0 Å². The van der Waals surface area contributed by atoms with Crippen LogP contribution in [0, 0.1) is 0 Å². The fourth-order valence-electron chi connectivity index (χ4n) is 8.09. The Morgan fingerprint density at radius 3 is 0.659 bits per heavy atom. The molecule has 0 heterocycles. The van der Waals surface area contributed by atoms with Gasteiger partial charge in [-0.05, 0) is 0 Å². The average Bonchev–Trinajstić information content (AvgIpc) is 2.94. The van der Waals surface area contributed by atoms with Gasteiger partial charge in [0, 0.05) is 0 Å². The van der Waals surface area contributed by atoms with Crippen molar-refractivity contribution < 1.29 is 16.6 Å². The molecule has 0 aliphatic carbocycles. The van der Waals surface area contributed by atoms with Crippen LogP contribution in [0.15, 0.2) is 121 Å². The van der Waals surface area contributed by atoms with Crippen LogP contribution in [0.3, 0.4) is 0 Å². The van der Waals surface area contributed by atoms with Crippen LogP contribution in [0.5, 0.6) is 0 Å². The predicted molar refractivity (Wildman–Crippen MR) is 177 cm³/mol. The second-order valence-corrected chi connectivity index (χ2v) is 22.1. The molecule has 0 aromatic heterocycles. The molecule has 0 atom stereocenters. The third-order valence-corrected chi connectivity index (χ3v) is 19.7. The van der Waals surface area contributed by atoms with Gasteiger partial charge < -0.3 is 0 Å². The molecule has 0 radical (unpaired) electrons. The van der Waals surface area contributed by atoms with Crippen molar-refractivity contribution in [2.75, 3.05) is 0 Å². The summed E-state index contributed by atoms with van der Waals surface area (Å²) in [5.41, 5.74) is 6.32. The minimum absolute atomic E-state index is 0.105. The predicted octanol–water partition coefficient (Wildman–Crippen LogP) is 11.7. The Kier molecular flexibility index (Phi) is 9.57. The Morgan fingerprint density at radius 2 is 0.488 bits per heavy atom. The Morgan fingerprint density at radius 1 is 0.317 bits per heavy atom. The van der Waals surface area contributed by atoms with Crippen molar-refractivity contribution in [1.29, 1.82) is 0 Å². The van der Waals surface area contributed by atoms with Crippen molar-refractivity contribution in [3.8, 4) is 0 Å². The van der Waals surface area contributed by atoms with Crippen LogP contribution in [0.4, 0.5) is 0 Å². The summed E-state index contributed by atoms with van der Waals surface area (Å²) >= 11 is -2.81. The van der Waals surface area contributed by atoms with E-state index in [1.807, 2.05) is 0 Å². The van der Waals surface area contributed by atoms with Gasteiger partial charge in [-0.3, -0.25) is 0 Å². The number of benzene rings is 4. The van der Waals surface area contributed by atoms with E-state index in [1.54, 1.807) is 0 Å². The molecule has 0 bridgehead atoms. The van der Waals surface area contributed by atoms with E-state index < -0.39 is 16.6 Å². The summed E-state index contributed by atoms with van der Waals surface area (Å²) in [6, 6.07) is 45.3. The fourth-order valence-corrected chi connectivity index (χ4v) is 22.2. The molecule has 4 aromatic carbocycles. The molecule has 0 unspecified atom stereocenters. The maximum atomic E-state index is 2.52. The molecule has 0 fully saturated rings. The van der Waals surface area contributed by atoms with Crippen LogP contribution >= 0.6 is 0 Å². The second kappa shape index (κ2) is 12.4. The monoisotopic (exact) mass is 580 g/mol. The second-order valence-electron chi connectivity index (χ2n) is 15.2. The number of hydrogen-bond donors (Lipinski definition) is 0. The summed E-state index contributed by atoms with van der Waals surface area (Å²) < 4.78 is 5.22. The van der Waals surface area contributed by atoms with Crippen molar-refractivity contribution in [3.05, 3.63) is 144 Å². The van der Waals surface area contributed by atoms with Gasteiger partial charge in [0.15, 0.2) is 0 Å². The van der Waals surface area contributed by atoms with Crippen molar-refractivity contribution in [2.45, 2.75) is 96.0 Å². The van der Waals surface area contributed by atoms with Crippen molar-refractivity contribution >= 4 is 0 Å². The Balaban J connectivity index is 1.90. The summed E-state index contributed by atoms with van der Waals surface area (Å²) in [7, 11) is 0. The number of hydrogen-bond acceptors (Lipinski definition) is 0. The summed E-state index contributed by atoms with van der Waals surface area (Å²) in [5.74, 6) is 0. The third-order valence-electron chi connectivity index (χ3n) is 9.49. The van der Waals surface area contributed by atoms with Crippen LogP contribution in [0.1, 0.15) is 77.6 Å². The molecule has 1 heteroatoms. The molecule has 4 aromatic rings. The van der Waals surface area contributed by atoms with Gasteiger partial charge in [0.1, 0.15) is 0 Å². The van der Waals surface area contributed by atoms with Gasteiger partial charge >= 0.3 is 256 Å². The first-order valence-corrected chi connectivity index (χ1v) is 19.9. The number of rotatable bonds is 12. The first-order chi connectivity index (χ1) is 19.2. The van der Waals surface area contributed by atoms with Gasteiger partial charge in [-0.15, -0.1) is 0 Å². The van der Waals surface area contributed by atoms with Crippen LogP contribution < -0.4 is 0 Å². The average molecular weight is 581 g/mol. The van der Waals surface area contributed by atoms with E-state index in [0.717, 1.165) is 0 Å². The maximum absolute atomic E-state index is 2.81. The van der Waals surface area contributed by atoms with Gasteiger partial charge in [-0.1, -0.05) is 0 Å². The minimum atomic E-state index is -2.81. The zero-order valence-corrected chi connectivity index (χ0v) is 28.4. The molecule has 0 saturated carbocycles. The third kappa shape index (κ3) is 7.91. The molecular formula is C40H52Ti. The van der Waals surface area contributed by atoms with Crippen LogP contribution in [-0.2, 0) is 38.2 Å². The Labute approximate surface area is 255 Å². The molecule has 4 rings (SSSR count). The zero-order chi connectivity index (χ0) is 29.8. The quantitative estimate of drug-likeness (QED) is 0.146. The molecule has 41 heavy (non-hydrogen) atoms. The molecule has 0 aliphatic heterocycles. The summed E-state index contributed by atoms with van der Waals surface area (Å²) in [5, 5.41) is 0. The van der Waals surface area contributed by atoms with Gasteiger partial charge in [-0.25, -0.2) is 0 Å². The van der Waals surface area contributed by atoms with E-state index in [4.69, 9.17) is 0 Å². The molecule has 0 aliphatic rings. The van der Waals surface area contributed by atoms with E-state index in [1.165, 1.54) is 41.2 Å². The normalized spacial score (nSPS) is 13.3. The summed E-state index contributed by atoms with van der Waals surface area (Å²) in [4.78, 5) is 0. The standard InChI is InChI=1S/4C10H13.Ti/c4*1-10(2,3)9-7-5-4-6-8-9;/h4*4-8H,1H2,2-3H3;. The van der Waals surface area contributed by atoms with Crippen molar-refractivity contribution in [2.24, 2.45) is 0 Å². The van der Waals surface area contributed by atoms with E-state index in [2.05, 4.69) is 177 Å². The molecule has 0 N–H and O–H groups in total. The van der Waals surface area contributed by atoms with Gasteiger partial charge in [0.2, 0.25) is 0 Å². The SMILES string of the molecule is CC(C)([CH2][Ti]([CH2]C(C)(C)c1ccccc1)([CH2]C(C)(C)c1ccccc1)[CH2]C(C)(C)c1ccccc1)c1ccccc1. The van der Waals surface area contributed by atoms with E-state index in [9.17, 15) is 0 Å². The Bertz CT molecular complexity index is 1130. The van der Waals surface area contributed by atoms with Crippen LogP contribution in [0.2, 0.25) is 18.9 Å². The van der Waals surface area contributed by atoms with Gasteiger partial charge in [-0.2, -0.15) is 0 Å². The molecule has 0 nitrogen and oxygen atoms in total. The zero-order valence-electron chi connectivity index (χ0n) is 26.9. The van der Waals surface area contributed by atoms with E-state index in [0.29, 0.717) is 0 Å². The molecule has 0 spiro atoms. The fraction of sp³-hybridized carbons (Fsp3) is 0.400. The van der Waals surface area contributed by atoms with Crippen LogP contribution in [0.25, 0.3) is 0 Å². The van der Waals surface area contributed by atoms with Gasteiger partial charge in [0.05, 0.1) is 0 Å². The molecule has 0 amide bonds. The summed E-state index contributed by atoms with van der Waals surface area (Å²) in [6.45, 7) is 20.1.